The zero-order chi connectivity index (χ0) is 23.6. The second-order valence-corrected chi connectivity index (χ2v) is 6.97. The number of rotatable bonds is 4. The van der Waals surface area contributed by atoms with Crippen LogP contribution in [0.5, 0.6) is 0 Å². The Morgan fingerprint density at radius 1 is 1.16 bits per heavy atom. The van der Waals surface area contributed by atoms with Crippen molar-refractivity contribution in [2.45, 2.75) is 6.18 Å². The molecule has 0 aliphatic heterocycles. The predicted octanol–water partition coefficient (Wildman–Crippen LogP) is 4.08. The van der Waals surface area contributed by atoms with Crippen molar-refractivity contribution >= 4 is 40.7 Å². The van der Waals surface area contributed by atoms with Crippen LogP contribution in [0.4, 0.5) is 18.9 Å². The van der Waals surface area contributed by atoms with Gasteiger partial charge in [0.15, 0.2) is 11.5 Å². The molecule has 0 unspecified atom stereocenters. The van der Waals surface area contributed by atoms with Crippen LogP contribution in [-0.4, -0.2) is 33.6 Å². The first-order valence-electron chi connectivity index (χ1n) is 8.62. The lowest BCUT2D eigenvalue weighted by Crippen LogP contribution is -2.23. The Labute approximate surface area is 188 Å². The Balaban J connectivity index is 2.14. The van der Waals surface area contributed by atoms with Gasteiger partial charge in [-0.15, -0.1) is 0 Å². The number of halogens is 5. The molecule has 1 aromatic carbocycles. The van der Waals surface area contributed by atoms with Gasteiger partial charge in [0.1, 0.15) is 5.69 Å². The van der Waals surface area contributed by atoms with E-state index in [1.165, 1.54) is 37.5 Å². The molecule has 2 amide bonds. The number of carbonyl (C=O) groups is 2. The number of hydrogen-bond acceptors (Lipinski definition) is 5. The van der Waals surface area contributed by atoms with Crippen molar-refractivity contribution in [2.24, 2.45) is 0 Å². The molecule has 0 aliphatic carbocycles. The Hall–Kier alpha value is -3.62. The molecule has 2 heterocycles. The van der Waals surface area contributed by atoms with Crippen LogP contribution in [0.15, 0.2) is 36.5 Å². The number of aromatic nitrogens is 3. The van der Waals surface area contributed by atoms with E-state index in [9.17, 15) is 22.8 Å². The van der Waals surface area contributed by atoms with Gasteiger partial charge in [0.05, 0.1) is 32.9 Å². The van der Waals surface area contributed by atoms with Gasteiger partial charge < -0.3 is 10.6 Å². The molecule has 0 bridgehead atoms. The van der Waals surface area contributed by atoms with Crippen LogP contribution >= 0.6 is 23.2 Å². The molecule has 2 aromatic heterocycles. The molecule has 3 rings (SSSR count). The van der Waals surface area contributed by atoms with Crippen molar-refractivity contribution in [3.05, 3.63) is 69.1 Å². The van der Waals surface area contributed by atoms with E-state index in [1.54, 1.807) is 0 Å². The number of nitrogens with one attached hydrogen (secondary N) is 2. The fraction of sp³-hybridized carbons (Fsp3) is 0.105. The topological polar surface area (TPSA) is 113 Å². The fourth-order valence-corrected chi connectivity index (χ4v) is 3.13. The van der Waals surface area contributed by atoms with Crippen LogP contribution in [0.2, 0.25) is 10.0 Å². The van der Waals surface area contributed by atoms with Gasteiger partial charge in [-0.3, -0.25) is 9.59 Å². The molecule has 32 heavy (non-hydrogen) atoms. The lowest BCUT2D eigenvalue weighted by atomic mass is 10.1. The van der Waals surface area contributed by atoms with Gasteiger partial charge in [0, 0.05) is 19.3 Å². The summed E-state index contributed by atoms with van der Waals surface area (Å²) in [6, 6.07) is 7.51. The normalized spacial score (nSPS) is 11.0. The molecule has 0 saturated carbocycles. The van der Waals surface area contributed by atoms with E-state index >= 15 is 0 Å². The van der Waals surface area contributed by atoms with E-state index in [0.717, 1.165) is 0 Å². The Kier molecular flexibility index (Phi) is 6.38. The minimum absolute atomic E-state index is 0.0382. The summed E-state index contributed by atoms with van der Waals surface area (Å²) >= 11 is 12.1. The highest BCUT2D eigenvalue weighted by molar-refractivity contribution is 6.35. The molecule has 0 spiro atoms. The lowest BCUT2D eigenvalue weighted by molar-refractivity contribution is -0.141. The maximum atomic E-state index is 13.3. The number of nitriles is 1. The lowest BCUT2D eigenvalue weighted by Gasteiger charge is -2.13. The summed E-state index contributed by atoms with van der Waals surface area (Å²) in [5, 5.41) is 16.9. The third-order valence-electron chi connectivity index (χ3n) is 4.10. The Bertz CT molecular complexity index is 1270. The highest BCUT2D eigenvalue weighted by atomic mass is 35.5. The summed E-state index contributed by atoms with van der Waals surface area (Å²) in [5.74, 6) is -1.98. The van der Waals surface area contributed by atoms with Gasteiger partial charge in [-0.25, -0.2) is 9.67 Å². The molecule has 164 valence electrons. The van der Waals surface area contributed by atoms with Crippen LogP contribution < -0.4 is 10.6 Å². The quantitative estimate of drug-likeness (QED) is 0.581. The van der Waals surface area contributed by atoms with Crippen molar-refractivity contribution < 1.29 is 22.8 Å². The summed E-state index contributed by atoms with van der Waals surface area (Å²) in [5.41, 5.74) is -2.26. The van der Waals surface area contributed by atoms with E-state index in [0.29, 0.717) is 10.7 Å². The average molecular weight is 483 g/mol. The van der Waals surface area contributed by atoms with E-state index < -0.39 is 29.4 Å². The van der Waals surface area contributed by atoms with Gasteiger partial charge in [-0.1, -0.05) is 23.2 Å². The highest BCUT2D eigenvalue weighted by Gasteiger charge is 2.37. The molecule has 0 fully saturated rings. The maximum Gasteiger partial charge on any atom is 0.435 e. The number of hydrogen-bond donors (Lipinski definition) is 2. The SMILES string of the molecule is CNC(=O)c1cc(C#N)cc(Cl)c1NC(=O)c1cc(C(F)(F)F)nn1-c1ncccc1Cl. The van der Waals surface area contributed by atoms with Gasteiger partial charge >= 0.3 is 6.18 Å². The van der Waals surface area contributed by atoms with E-state index in [-0.39, 0.29) is 32.7 Å². The van der Waals surface area contributed by atoms with E-state index in [4.69, 9.17) is 28.5 Å². The first kappa shape index (κ1) is 23.1. The zero-order valence-electron chi connectivity index (χ0n) is 16.0. The highest BCUT2D eigenvalue weighted by Crippen LogP contribution is 2.32. The standard InChI is InChI=1S/C19H11Cl2F3N6O2/c1-26-17(31)10-5-9(8-25)6-12(21)15(10)28-18(32)13-7-14(19(22,23)24)29-30(13)16-11(20)3-2-4-27-16/h2-7H,1H3,(H,26,31)(H,28,32). The summed E-state index contributed by atoms with van der Waals surface area (Å²) in [6.45, 7) is 0. The number of anilines is 1. The monoisotopic (exact) mass is 482 g/mol. The number of benzene rings is 1. The number of nitrogens with zero attached hydrogens (tertiary/aromatic N) is 4. The molecular formula is C19H11Cl2F3N6O2. The third-order valence-corrected chi connectivity index (χ3v) is 4.69. The van der Waals surface area contributed by atoms with Crippen LogP contribution in [0.1, 0.15) is 32.1 Å². The maximum absolute atomic E-state index is 13.3. The van der Waals surface area contributed by atoms with Crippen molar-refractivity contribution in [2.75, 3.05) is 12.4 Å². The number of alkyl halides is 3. The predicted molar refractivity (Wildman–Crippen MR) is 109 cm³/mol. The van der Waals surface area contributed by atoms with Crippen molar-refractivity contribution in [3.8, 4) is 11.9 Å². The minimum atomic E-state index is -4.86. The second kappa shape index (κ2) is 8.86. The molecule has 0 radical (unpaired) electrons. The van der Waals surface area contributed by atoms with Crippen LogP contribution in [0, 0.1) is 11.3 Å². The Morgan fingerprint density at radius 3 is 2.47 bits per heavy atom. The van der Waals surface area contributed by atoms with Gasteiger partial charge in [0.2, 0.25) is 0 Å². The third kappa shape index (κ3) is 4.51. The molecule has 3 aromatic rings. The fourth-order valence-electron chi connectivity index (χ4n) is 2.67. The summed E-state index contributed by atoms with van der Waals surface area (Å²) in [7, 11) is 1.31. The molecule has 13 heteroatoms. The van der Waals surface area contributed by atoms with Gasteiger partial charge in [-0.2, -0.15) is 23.5 Å². The minimum Gasteiger partial charge on any atom is -0.355 e. The Morgan fingerprint density at radius 2 is 1.88 bits per heavy atom. The number of carbonyl (C=O) groups excluding carboxylic acids is 2. The zero-order valence-corrected chi connectivity index (χ0v) is 17.5. The van der Waals surface area contributed by atoms with E-state index in [2.05, 4.69) is 20.7 Å². The van der Waals surface area contributed by atoms with E-state index in [1.807, 2.05) is 6.07 Å². The van der Waals surface area contributed by atoms with Gasteiger partial charge in [-0.05, 0) is 24.3 Å². The molecule has 8 nitrogen and oxygen atoms in total. The number of pyridine rings is 1. The van der Waals surface area contributed by atoms with Crippen molar-refractivity contribution in [1.29, 1.82) is 5.26 Å². The summed E-state index contributed by atoms with van der Waals surface area (Å²) in [4.78, 5) is 29.1. The summed E-state index contributed by atoms with van der Waals surface area (Å²) in [6.07, 6.45) is -3.60. The first-order valence-corrected chi connectivity index (χ1v) is 9.37. The largest absolute Gasteiger partial charge is 0.435 e. The molecular weight excluding hydrogens is 472 g/mol. The number of amides is 2. The molecule has 2 N–H and O–H groups in total. The summed E-state index contributed by atoms with van der Waals surface area (Å²) < 4.78 is 40.5. The molecule has 0 atom stereocenters. The van der Waals surface area contributed by atoms with Crippen LogP contribution in [-0.2, 0) is 6.18 Å². The van der Waals surface area contributed by atoms with Crippen molar-refractivity contribution in [1.82, 2.24) is 20.1 Å². The smallest absolute Gasteiger partial charge is 0.355 e. The second-order valence-electron chi connectivity index (χ2n) is 6.16. The molecule has 0 aliphatic rings. The molecule has 0 saturated heterocycles. The van der Waals surface area contributed by atoms with Crippen molar-refractivity contribution in [3.63, 3.8) is 0 Å². The average Bonchev–Trinajstić information content (AvgIpc) is 3.20. The van der Waals surface area contributed by atoms with Crippen LogP contribution in [0.25, 0.3) is 5.82 Å². The van der Waals surface area contributed by atoms with Crippen LogP contribution in [0.3, 0.4) is 0 Å². The van der Waals surface area contributed by atoms with Gasteiger partial charge in [0.25, 0.3) is 11.8 Å². The first-order chi connectivity index (χ1) is 15.1.